The van der Waals surface area contributed by atoms with Gasteiger partial charge in [0.15, 0.2) is 0 Å². The molecule has 0 saturated heterocycles. The quantitative estimate of drug-likeness (QED) is 0.903. The van der Waals surface area contributed by atoms with Crippen LogP contribution >= 0.6 is 0 Å². The minimum Gasteiger partial charge on any atom is -0.339 e. The standard InChI is InChI=1S/C13H17N5O/c14-7-9-3-1-2-4-10(9)13-17-12(18-19-13)11-5-6-15-8-16-11/h5-6,8-10H,1-4,7,14H2. The molecule has 2 aromatic rings. The van der Waals surface area contributed by atoms with Gasteiger partial charge in [0.05, 0.1) is 0 Å². The van der Waals surface area contributed by atoms with Crippen LogP contribution in [-0.4, -0.2) is 26.7 Å². The lowest BCUT2D eigenvalue weighted by atomic mass is 9.79. The summed E-state index contributed by atoms with van der Waals surface area (Å²) in [5.74, 6) is 1.97. The number of rotatable bonds is 3. The predicted molar refractivity (Wildman–Crippen MR) is 69.1 cm³/mol. The Balaban J connectivity index is 1.84. The van der Waals surface area contributed by atoms with Crippen molar-refractivity contribution < 1.29 is 4.52 Å². The fraction of sp³-hybridized carbons (Fsp3) is 0.538. The molecule has 1 aliphatic carbocycles. The maximum absolute atomic E-state index is 5.84. The van der Waals surface area contributed by atoms with Gasteiger partial charge >= 0.3 is 0 Å². The van der Waals surface area contributed by atoms with E-state index in [1.54, 1.807) is 12.3 Å². The fourth-order valence-electron chi connectivity index (χ4n) is 2.73. The van der Waals surface area contributed by atoms with E-state index in [-0.39, 0.29) is 0 Å². The summed E-state index contributed by atoms with van der Waals surface area (Å²) in [4.78, 5) is 12.5. The van der Waals surface area contributed by atoms with Crippen molar-refractivity contribution in [2.75, 3.05) is 6.54 Å². The van der Waals surface area contributed by atoms with Crippen molar-refractivity contribution in [3.63, 3.8) is 0 Å². The lowest BCUT2D eigenvalue weighted by molar-refractivity contribution is 0.249. The predicted octanol–water partition coefficient (Wildman–Crippen LogP) is 1.76. The monoisotopic (exact) mass is 259 g/mol. The molecular weight excluding hydrogens is 242 g/mol. The van der Waals surface area contributed by atoms with Gasteiger partial charge in [-0.15, -0.1) is 0 Å². The summed E-state index contributed by atoms with van der Waals surface area (Å²) in [5.41, 5.74) is 6.52. The van der Waals surface area contributed by atoms with Crippen LogP contribution in [0.3, 0.4) is 0 Å². The van der Waals surface area contributed by atoms with Crippen molar-refractivity contribution in [1.29, 1.82) is 0 Å². The SMILES string of the molecule is NCC1CCCCC1c1nc(-c2ccncn2)no1. The van der Waals surface area contributed by atoms with Gasteiger partial charge in [-0.2, -0.15) is 4.98 Å². The second kappa shape index (κ2) is 5.44. The number of nitrogens with zero attached hydrogens (tertiary/aromatic N) is 4. The Bertz CT molecular complexity index is 527. The molecule has 0 spiro atoms. The van der Waals surface area contributed by atoms with Gasteiger partial charge in [-0.3, -0.25) is 0 Å². The van der Waals surface area contributed by atoms with Gasteiger partial charge in [0.1, 0.15) is 12.0 Å². The van der Waals surface area contributed by atoms with Crippen LogP contribution in [0.15, 0.2) is 23.1 Å². The first kappa shape index (κ1) is 12.2. The highest BCUT2D eigenvalue weighted by Gasteiger charge is 2.30. The normalized spacial score (nSPS) is 23.4. The minimum absolute atomic E-state index is 0.293. The molecule has 1 fully saturated rings. The Morgan fingerprint density at radius 2 is 2.21 bits per heavy atom. The van der Waals surface area contributed by atoms with E-state index in [1.165, 1.54) is 19.2 Å². The van der Waals surface area contributed by atoms with E-state index in [1.807, 2.05) is 0 Å². The fourth-order valence-corrected chi connectivity index (χ4v) is 2.73. The van der Waals surface area contributed by atoms with Crippen LogP contribution in [0.5, 0.6) is 0 Å². The second-order valence-corrected chi connectivity index (χ2v) is 4.94. The van der Waals surface area contributed by atoms with Crippen LogP contribution in [0.2, 0.25) is 0 Å². The molecule has 2 heterocycles. The Hall–Kier alpha value is -1.82. The largest absolute Gasteiger partial charge is 0.339 e. The van der Waals surface area contributed by atoms with Gasteiger partial charge in [-0.05, 0) is 31.4 Å². The van der Waals surface area contributed by atoms with Gasteiger partial charge in [-0.1, -0.05) is 18.0 Å². The smallest absolute Gasteiger partial charge is 0.230 e. The summed E-state index contributed by atoms with van der Waals surface area (Å²) >= 11 is 0. The third kappa shape index (κ3) is 2.49. The Morgan fingerprint density at radius 1 is 1.32 bits per heavy atom. The average Bonchev–Trinajstić information content (AvgIpc) is 2.98. The summed E-state index contributed by atoms with van der Waals surface area (Å²) in [5, 5.41) is 4.01. The van der Waals surface area contributed by atoms with E-state index < -0.39 is 0 Å². The maximum atomic E-state index is 5.84. The molecule has 100 valence electrons. The first-order valence-electron chi connectivity index (χ1n) is 6.68. The van der Waals surface area contributed by atoms with E-state index in [9.17, 15) is 0 Å². The Labute approximate surface area is 111 Å². The van der Waals surface area contributed by atoms with Crippen molar-refractivity contribution in [2.24, 2.45) is 11.7 Å². The third-order valence-corrected chi connectivity index (χ3v) is 3.78. The van der Waals surface area contributed by atoms with Crippen LogP contribution in [0, 0.1) is 5.92 Å². The van der Waals surface area contributed by atoms with Gasteiger partial charge < -0.3 is 10.3 Å². The van der Waals surface area contributed by atoms with Gasteiger partial charge in [0.25, 0.3) is 0 Å². The number of nitrogens with two attached hydrogens (primary N) is 1. The summed E-state index contributed by atoms with van der Waals surface area (Å²) in [6.45, 7) is 0.676. The molecule has 6 nitrogen and oxygen atoms in total. The topological polar surface area (TPSA) is 90.7 Å². The van der Waals surface area contributed by atoms with E-state index >= 15 is 0 Å². The number of hydrogen-bond donors (Lipinski definition) is 1. The molecule has 2 N–H and O–H groups in total. The van der Waals surface area contributed by atoms with Crippen molar-refractivity contribution >= 4 is 0 Å². The van der Waals surface area contributed by atoms with E-state index in [0.29, 0.717) is 35.8 Å². The van der Waals surface area contributed by atoms with Crippen LogP contribution in [0.25, 0.3) is 11.5 Å². The van der Waals surface area contributed by atoms with Crippen LogP contribution in [-0.2, 0) is 0 Å². The molecule has 2 unspecified atom stereocenters. The number of hydrogen-bond acceptors (Lipinski definition) is 6. The van der Waals surface area contributed by atoms with Gasteiger partial charge in [-0.25, -0.2) is 9.97 Å². The lowest BCUT2D eigenvalue weighted by Crippen LogP contribution is -2.25. The first-order valence-corrected chi connectivity index (χ1v) is 6.68. The zero-order valence-corrected chi connectivity index (χ0v) is 10.7. The van der Waals surface area contributed by atoms with Crippen LogP contribution in [0.4, 0.5) is 0 Å². The minimum atomic E-state index is 0.293. The molecule has 2 atom stereocenters. The Morgan fingerprint density at radius 3 is 3.00 bits per heavy atom. The van der Waals surface area contributed by atoms with Crippen molar-refractivity contribution in [3.8, 4) is 11.5 Å². The molecular formula is C13H17N5O. The highest BCUT2D eigenvalue weighted by molar-refractivity contribution is 5.46. The summed E-state index contributed by atoms with van der Waals surface area (Å²) < 4.78 is 5.41. The molecule has 0 bridgehead atoms. The third-order valence-electron chi connectivity index (χ3n) is 3.78. The molecule has 2 aromatic heterocycles. The average molecular weight is 259 g/mol. The van der Waals surface area contributed by atoms with Crippen LogP contribution in [0.1, 0.15) is 37.5 Å². The summed E-state index contributed by atoms with van der Waals surface area (Å²) in [6.07, 6.45) is 7.81. The van der Waals surface area contributed by atoms with Gasteiger partial charge in [0.2, 0.25) is 11.7 Å². The van der Waals surface area contributed by atoms with Crippen molar-refractivity contribution in [2.45, 2.75) is 31.6 Å². The molecule has 1 aliphatic rings. The zero-order valence-electron chi connectivity index (χ0n) is 10.7. The summed E-state index contributed by atoms with van der Waals surface area (Å²) in [7, 11) is 0. The molecule has 3 rings (SSSR count). The van der Waals surface area contributed by atoms with Crippen molar-refractivity contribution in [3.05, 3.63) is 24.5 Å². The molecule has 19 heavy (non-hydrogen) atoms. The highest BCUT2D eigenvalue weighted by Crippen LogP contribution is 2.36. The van der Waals surface area contributed by atoms with E-state index in [2.05, 4.69) is 20.1 Å². The summed E-state index contributed by atoms with van der Waals surface area (Å²) in [6, 6.07) is 1.77. The molecule has 6 heteroatoms. The number of aromatic nitrogens is 4. The second-order valence-electron chi connectivity index (χ2n) is 4.94. The molecule has 1 saturated carbocycles. The van der Waals surface area contributed by atoms with E-state index in [0.717, 1.165) is 12.8 Å². The van der Waals surface area contributed by atoms with Crippen LogP contribution < -0.4 is 5.73 Å². The maximum Gasteiger partial charge on any atom is 0.230 e. The molecule has 0 radical (unpaired) electrons. The lowest BCUT2D eigenvalue weighted by Gasteiger charge is -2.27. The molecule has 0 aromatic carbocycles. The first-order chi connectivity index (χ1) is 9.38. The van der Waals surface area contributed by atoms with Crippen molar-refractivity contribution in [1.82, 2.24) is 20.1 Å². The molecule has 0 aliphatic heterocycles. The Kier molecular flexibility index (Phi) is 3.50. The highest BCUT2D eigenvalue weighted by atomic mass is 16.5. The zero-order chi connectivity index (χ0) is 13.1. The van der Waals surface area contributed by atoms with E-state index in [4.69, 9.17) is 10.3 Å². The molecule has 0 amide bonds. The van der Waals surface area contributed by atoms with Gasteiger partial charge in [0, 0.05) is 12.1 Å².